The summed E-state index contributed by atoms with van der Waals surface area (Å²) in [4.78, 5) is 18.5. The van der Waals surface area contributed by atoms with E-state index in [1.807, 2.05) is 38.1 Å². The first kappa shape index (κ1) is 23.2. The van der Waals surface area contributed by atoms with Crippen LogP contribution >= 0.6 is 34.3 Å². The highest BCUT2D eigenvalue weighted by Crippen LogP contribution is 2.34. The molecule has 0 saturated carbocycles. The predicted molar refractivity (Wildman–Crippen MR) is 128 cm³/mol. The lowest BCUT2D eigenvalue weighted by Gasteiger charge is -2.22. The van der Waals surface area contributed by atoms with E-state index in [9.17, 15) is 13.2 Å². The molecule has 3 heterocycles. The molecule has 32 heavy (non-hydrogen) atoms. The van der Waals surface area contributed by atoms with E-state index in [1.165, 1.54) is 21.7 Å². The van der Waals surface area contributed by atoms with Crippen LogP contribution in [0.25, 0.3) is 11.3 Å². The number of hydrogen-bond acceptors (Lipinski definition) is 7. The minimum Gasteiger partial charge on any atom is -0.494 e. The van der Waals surface area contributed by atoms with Gasteiger partial charge in [-0.15, -0.1) is 22.7 Å². The molecule has 1 N–H and O–H groups in total. The number of carbonyl (C=O) groups is 1. The van der Waals surface area contributed by atoms with Gasteiger partial charge in [0.1, 0.15) is 16.0 Å². The number of anilines is 1. The van der Waals surface area contributed by atoms with Crippen molar-refractivity contribution in [2.24, 2.45) is 0 Å². The highest BCUT2D eigenvalue weighted by molar-refractivity contribution is 7.91. The average Bonchev–Trinajstić information content (AvgIpc) is 3.49. The van der Waals surface area contributed by atoms with Crippen molar-refractivity contribution >= 4 is 55.3 Å². The van der Waals surface area contributed by atoms with E-state index in [-0.39, 0.29) is 10.1 Å². The van der Waals surface area contributed by atoms with Gasteiger partial charge in [-0.05, 0) is 63.1 Å². The molecule has 2 aromatic heterocycles. The molecule has 0 bridgehead atoms. The predicted octanol–water partition coefficient (Wildman–Crippen LogP) is 5.02. The van der Waals surface area contributed by atoms with Crippen molar-refractivity contribution in [2.45, 2.75) is 36.9 Å². The lowest BCUT2D eigenvalue weighted by atomic mass is 10.1. The molecule has 1 fully saturated rings. The number of amides is 1. The van der Waals surface area contributed by atoms with Gasteiger partial charge in [-0.3, -0.25) is 4.79 Å². The van der Waals surface area contributed by atoms with Crippen molar-refractivity contribution < 1.29 is 17.9 Å². The third-order valence-electron chi connectivity index (χ3n) is 5.08. The number of ether oxygens (including phenoxy) is 1. The highest BCUT2D eigenvalue weighted by Gasteiger charge is 2.40. The molecule has 1 amide bonds. The topological polar surface area (TPSA) is 88.6 Å². The third-order valence-corrected chi connectivity index (χ3v) is 9.58. The number of aryl methyl sites for hydroxylation is 1. The minimum atomic E-state index is -3.78. The van der Waals surface area contributed by atoms with Crippen LogP contribution in [-0.4, -0.2) is 42.8 Å². The Morgan fingerprint density at radius 2 is 2.00 bits per heavy atom. The Hall–Kier alpha value is -1.98. The molecule has 1 unspecified atom stereocenters. The van der Waals surface area contributed by atoms with E-state index in [0.717, 1.165) is 33.2 Å². The number of sulfonamides is 1. The van der Waals surface area contributed by atoms with Gasteiger partial charge in [0.15, 0.2) is 5.13 Å². The van der Waals surface area contributed by atoms with Crippen molar-refractivity contribution in [3.8, 4) is 17.0 Å². The number of aromatic nitrogens is 1. The van der Waals surface area contributed by atoms with Crippen LogP contribution in [0.1, 0.15) is 24.6 Å². The summed E-state index contributed by atoms with van der Waals surface area (Å²) in [5.41, 5.74) is 1.69. The lowest BCUT2D eigenvalue weighted by Crippen LogP contribution is -2.42. The molecule has 0 radical (unpaired) electrons. The van der Waals surface area contributed by atoms with E-state index in [0.29, 0.717) is 35.5 Å². The Morgan fingerprint density at radius 3 is 2.66 bits per heavy atom. The fraction of sp³-hybridized carbons (Fsp3) is 0.333. The maximum Gasteiger partial charge on any atom is 0.253 e. The summed E-state index contributed by atoms with van der Waals surface area (Å²) in [5.74, 6) is 0.410. The summed E-state index contributed by atoms with van der Waals surface area (Å²) in [5, 5.41) is 3.26. The fourth-order valence-electron chi connectivity index (χ4n) is 3.62. The number of hydrogen-bond donors (Lipinski definition) is 1. The number of benzene rings is 1. The molecule has 0 aliphatic carbocycles. The van der Waals surface area contributed by atoms with Gasteiger partial charge in [0.25, 0.3) is 10.0 Å². The standard InChI is InChI=1S/C21H22ClN3O4S3/c1-3-29-15-8-6-14(7-9-15)19-13(2)30-21(23-19)24-20(26)16-5-4-12-25(16)32(27,28)18-11-10-17(22)31-18/h6-11,16H,3-5,12H2,1-2H3,(H,23,24,26). The van der Waals surface area contributed by atoms with Crippen molar-refractivity contribution in [3.05, 3.63) is 45.6 Å². The van der Waals surface area contributed by atoms with Crippen LogP contribution in [0.3, 0.4) is 0 Å². The molecule has 11 heteroatoms. The Kier molecular flexibility index (Phi) is 6.87. The zero-order valence-electron chi connectivity index (χ0n) is 17.5. The second-order valence-electron chi connectivity index (χ2n) is 7.20. The summed E-state index contributed by atoms with van der Waals surface area (Å²) in [7, 11) is -3.78. The molecule has 1 aliphatic rings. The van der Waals surface area contributed by atoms with Gasteiger partial charge in [-0.25, -0.2) is 13.4 Å². The van der Waals surface area contributed by atoms with Gasteiger partial charge >= 0.3 is 0 Å². The lowest BCUT2D eigenvalue weighted by molar-refractivity contribution is -0.119. The van der Waals surface area contributed by atoms with Gasteiger partial charge in [0, 0.05) is 17.0 Å². The summed E-state index contributed by atoms with van der Waals surface area (Å²) < 4.78 is 33.3. The van der Waals surface area contributed by atoms with Crippen LogP contribution in [0.4, 0.5) is 5.13 Å². The summed E-state index contributed by atoms with van der Waals surface area (Å²) >= 11 is 8.27. The van der Waals surface area contributed by atoms with E-state index >= 15 is 0 Å². The van der Waals surface area contributed by atoms with Crippen molar-refractivity contribution in [3.63, 3.8) is 0 Å². The number of carbonyl (C=O) groups excluding carboxylic acids is 1. The van der Waals surface area contributed by atoms with Crippen LogP contribution in [0.15, 0.2) is 40.6 Å². The molecule has 3 aromatic rings. The molecular formula is C21H22ClN3O4S3. The van der Waals surface area contributed by atoms with Gasteiger partial charge < -0.3 is 10.1 Å². The van der Waals surface area contributed by atoms with Crippen LogP contribution in [0.2, 0.25) is 4.34 Å². The van der Waals surface area contributed by atoms with Crippen molar-refractivity contribution in [1.29, 1.82) is 0 Å². The van der Waals surface area contributed by atoms with E-state index < -0.39 is 16.1 Å². The molecule has 1 saturated heterocycles. The number of halogens is 1. The molecule has 1 atom stereocenters. The summed E-state index contributed by atoms with van der Waals surface area (Å²) in [6.45, 7) is 4.76. The van der Waals surface area contributed by atoms with Gasteiger partial charge in [-0.1, -0.05) is 11.6 Å². The molecule has 7 nitrogen and oxygen atoms in total. The average molecular weight is 512 g/mol. The van der Waals surface area contributed by atoms with Crippen molar-refractivity contribution in [2.75, 3.05) is 18.5 Å². The van der Waals surface area contributed by atoms with Crippen LogP contribution in [0, 0.1) is 6.92 Å². The van der Waals surface area contributed by atoms with Gasteiger partial charge in [-0.2, -0.15) is 4.31 Å². The quantitative estimate of drug-likeness (QED) is 0.481. The monoisotopic (exact) mass is 511 g/mol. The first-order chi connectivity index (χ1) is 15.3. The second kappa shape index (κ2) is 9.48. The SMILES string of the molecule is CCOc1ccc(-c2nc(NC(=O)C3CCCN3S(=O)(=O)c3ccc(Cl)s3)sc2C)cc1. The molecular weight excluding hydrogens is 490 g/mol. The Balaban J connectivity index is 1.51. The molecule has 1 aliphatic heterocycles. The minimum absolute atomic E-state index is 0.144. The van der Waals surface area contributed by atoms with Gasteiger partial charge in [0.05, 0.1) is 16.6 Å². The first-order valence-corrected chi connectivity index (χ1v) is 13.5. The second-order valence-corrected chi connectivity index (χ2v) is 12.2. The number of nitrogens with zero attached hydrogens (tertiary/aromatic N) is 2. The fourth-order valence-corrected chi connectivity index (χ4v) is 7.73. The van der Waals surface area contributed by atoms with E-state index in [4.69, 9.17) is 16.3 Å². The summed E-state index contributed by atoms with van der Waals surface area (Å²) in [6.07, 6.45) is 1.07. The van der Waals surface area contributed by atoms with Crippen LogP contribution in [0.5, 0.6) is 5.75 Å². The zero-order chi connectivity index (χ0) is 22.9. The van der Waals surface area contributed by atoms with Crippen LogP contribution in [-0.2, 0) is 14.8 Å². The van der Waals surface area contributed by atoms with Crippen LogP contribution < -0.4 is 10.1 Å². The van der Waals surface area contributed by atoms with Gasteiger partial charge in [0.2, 0.25) is 5.91 Å². The van der Waals surface area contributed by atoms with E-state index in [1.54, 1.807) is 6.07 Å². The Morgan fingerprint density at radius 1 is 1.25 bits per heavy atom. The number of thiophene rings is 1. The maximum absolute atomic E-state index is 13.0. The smallest absolute Gasteiger partial charge is 0.253 e. The first-order valence-electron chi connectivity index (χ1n) is 10.1. The molecule has 170 valence electrons. The largest absolute Gasteiger partial charge is 0.494 e. The molecule has 0 spiro atoms. The number of thiazole rings is 1. The maximum atomic E-state index is 13.0. The summed E-state index contributed by atoms with van der Waals surface area (Å²) in [6, 6.07) is 9.86. The van der Waals surface area contributed by atoms with Crippen molar-refractivity contribution in [1.82, 2.24) is 9.29 Å². The number of rotatable bonds is 7. The molecule has 4 rings (SSSR count). The van der Waals surface area contributed by atoms with E-state index in [2.05, 4.69) is 10.3 Å². The Labute approximate surface area is 200 Å². The molecule has 1 aromatic carbocycles. The third kappa shape index (κ3) is 4.69. The number of nitrogens with one attached hydrogen (secondary N) is 1. The Bertz CT molecular complexity index is 1220. The normalized spacial score (nSPS) is 16.9. The zero-order valence-corrected chi connectivity index (χ0v) is 20.7. The highest BCUT2D eigenvalue weighted by atomic mass is 35.5.